The summed E-state index contributed by atoms with van der Waals surface area (Å²) in [7, 11) is 0. The maximum absolute atomic E-state index is 12.6. The van der Waals surface area contributed by atoms with Gasteiger partial charge in [-0.05, 0) is 26.8 Å². The Balaban J connectivity index is 2.25. The van der Waals surface area contributed by atoms with Crippen LogP contribution in [-0.2, 0) is 15.1 Å². The molecule has 0 spiro atoms. The smallest absolute Gasteiger partial charge is 0.325 e. The highest BCUT2D eigenvalue weighted by atomic mass is 35.5. The fourth-order valence-corrected chi connectivity index (χ4v) is 2.73. The Morgan fingerprint density at radius 2 is 2.00 bits per heavy atom. The number of halogens is 1. The molecule has 1 aromatic carbocycles. The second-order valence-corrected chi connectivity index (χ2v) is 6.06. The number of rotatable bonds is 4. The van der Waals surface area contributed by atoms with E-state index in [1.807, 2.05) is 0 Å². The molecule has 1 atom stereocenters. The Hall–Kier alpha value is -2.08. The third kappa shape index (κ3) is 2.92. The van der Waals surface area contributed by atoms with Crippen LogP contribution in [0.15, 0.2) is 24.3 Å². The van der Waals surface area contributed by atoms with Gasteiger partial charge in [0.05, 0.1) is 0 Å². The second kappa shape index (κ2) is 5.96. The highest BCUT2D eigenvalue weighted by molar-refractivity contribution is 6.32. The van der Waals surface area contributed by atoms with Crippen LogP contribution in [0.4, 0.5) is 4.79 Å². The van der Waals surface area contributed by atoms with Crippen molar-refractivity contribution in [2.75, 3.05) is 6.54 Å². The molecule has 0 bridgehead atoms. The summed E-state index contributed by atoms with van der Waals surface area (Å²) >= 11 is 6.13. The average Bonchev–Trinajstić information content (AvgIpc) is 2.63. The van der Waals surface area contributed by atoms with Crippen LogP contribution in [0.3, 0.4) is 0 Å². The summed E-state index contributed by atoms with van der Waals surface area (Å²) in [5.74, 6) is -0.883. The van der Waals surface area contributed by atoms with Crippen molar-refractivity contribution >= 4 is 29.4 Å². The first-order valence-corrected chi connectivity index (χ1v) is 7.32. The number of benzene rings is 1. The molecule has 1 fully saturated rings. The fourth-order valence-electron chi connectivity index (χ4n) is 2.40. The third-order valence-electron chi connectivity index (χ3n) is 3.44. The predicted molar refractivity (Wildman–Crippen MR) is 82.3 cm³/mol. The van der Waals surface area contributed by atoms with E-state index < -0.39 is 17.5 Å². The lowest BCUT2D eigenvalue weighted by atomic mass is 9.92. The maximum Gasteiger partial charge on any atom is 0.325 e. The monoisotopic (exact) mass is 323 g/mol. The summed E-state index contributed by atoms with van der Waals surface area (Å²) in [6.45, 7) is 4.87. The van der Waals surface area contributed by atoms with Gasteiger partial charge in [-0.1, -0.05) is 29.8 Å². The van der Waals surface area contributed by atoms with Gasteiger partial charge < -0.3 is 10.6 Å². The Morgan fingerprint density at radius 3 is 2.59 bits per heavy atom. The number of carbonyl (C=O) groups is 3. The van der Waals surface area contributed by atoms with Crippen LogP contribution in [-0.4, -0.2) is 35.3 Å². The van der Waals surface area contributed by atoms with Gasteiger partial charge in [-0.15, -0.1) is 0 Å². The van der Waals surface area contributed by atoms with Gasteiger partial charge in [0.2, 0.25) is 5.91 Å². The van der Waals surface area contributed by atoms with E-state index in [1.165, 1.54) is 0 Å². The molecule has 1 aliphatic rings. The summed E-state index contributed by atoms with van der Waals surface area (Å²) in [6.07, 6.45) is 0. The van der Waals surface area contributed by atoms with Crippen LogP contribution in [0, 0.1) is 0 Å². The lowest BCUT2D eigenvalue weighted by Gasteiger charge is -2.23. The molecule has 4 amide bonds. The first-order chi connectivity index (χ1) is 10.3. The van der Waals surface area contributed by atoms with E-state index in [0.29, 0.717) is 10.6 Å². The van der Waals surface area contributed by atoms with Gasteiger partial charge in [-0.3, -0.25) is 14.5 Å². The number of carbonyl (C=O) groups excluding carboxylic acids is 3. The molecule has 0 radical (unpaired) electrons. The number of urea groups is 1. The van der Waals surface area contributed by atoms with Gasteiger partial charge in [-0.25, -0.2) is 4.79 Å². The molecule has 2 rings (SSSR count). The molecule has 1 saturated heterocycles. The molecular formula is C15H18ClN3O3. The van der Waals surface area contributed by atoms with Gasteiger partial charge in [0.15, 0.2) is 0 Å². The molecule has 2 N–H and O–H groups in total. The Kier molecular flexibility index (Phi) is 4.42. The van der Waals surface area contributed by atoms with E-state index in [9.17, 15) is 14.4 Å². The van der Waals surface area contributed by atoms with Crippen LogP contribution in [0.25, 0.3) is 0 Å². The van der Waals surface area contributed by atoms with E-state index >= 15 is 0 Å². The zero-order valence-electron chi connectivity index (χ0n) is 12.6. The molecule has 118 valence electrons. The van der Waals surface area contributed by atoms with Crippen molar-refractivity contribution in [1.29, 1.82) is 0 Å². The molecule has 1 aromatic rings. The topological polar surface area (TPSA) is 78.5 Å². The van der Waals surface area contributed by atoms with Gasteiger partial charge in [0.25, 0.3) is 5.91 Å². The van der Waals surface area contributed by atoms with E-state index in [0.717, 1.165) is 4.90 Å². The van der Waals surface area contributed by atoms with Crippen molar-refractivity contribution in [3.8, 4) is 0 Å². The standard InChI is InChI=1S/C15H18ClN3O3/c1-9(2)17-12(20)8-19-13(21)15(3,18-14(19)22)10-6-4-5-7-11(10)16/h4-7,9H,8H2,1-3H3,(H,17,20)(H,18,22). The van der Waals surface area contributed by atoms with Crippen molar-refractivity contribution in [1.82, 2.24) is 15.5 Å². The summed E-state index contributed by atoms with van der Waals surface area (Å²) in [6, 6.07) is 6.13. The number of hydrogen-bond acceptors (Lipinski definition) is 3. The molecule has 22 heavy (non-hydrogen) atoms. The van der Waals surface area contributed by atoms with Crippen molar-refractivity contribution in [3.05, 3.63) is 34.9 Å². The van der Waals surface area contributed by atoms with Crippen molar-refractivity contribution in [3.63, 3.8) is 0 Å². The number of hydrogen-bond donors (Lipinski definition) is 2. The lowest BCUT2D eigenvalue weighted by Crippen LogP contribution is -2.44. The molecule has 6 nitrogen and oxygen atoms in total. The SMILES string of the molecule is CC(C)NC(=O)CN1C(=O)NC(C)(c2ccccc2Cl)C1=O. The van der Waals surface area contributed by atoms with E-state index in [1.54, 1.807) is 45.0 Å². The normalized spacial score (nSPS) is 21.2. The van der Waals surface area contributed by atoms with Crippen molar-refractivity contribution < 1.29 is 14.4 Å². The number of nitrogens with one attached hydrogen (secondary N) is 2. The first kappa shape index (κ1) is 16.3. The van der Waals surface area contributed by atoms with Gasteiger partial charge in [-0.2, -0.15) is 0 Å². The molecule has 7 heteroatoms. The molecular weight excluding hydrogens is 306 g/mol. The zero-order chi connectivity index (χ0) is 16.5. The third-order valence-corrected chi connectivity index (χ3v) is 3.77. The Morgan fingerprint density at radius 1 is 1.36 bits per heavy atom. The number of nitrogens with zero attached hydrogens (tertiary/aromatic N) is 1. The minimum Gasteiger partial charge on any atom is -0.352 e. The highest BCUT2D eigenvalue weighted by Gasteiger charge is 2.50. The average molecular weight is 324 g/mol. The van der Waals surface area contributed by atoms with E-state index in [-0.39, 0.29) is 18.5 Å². The lowest BCUT2D eigenvalue weighted by molar-refractivity contribution is -0.135. The largest absolute Gasteiger partial charge is 0.352 e. The quantitative estimate of drug-likeness (QED) is 0.827. The van der Waals surface area contributed by atoms with E-state index in [2.05, 4.69) is 10.6 Å². The molecule has 1 unspecified atom stereocenters. The van der Waals surface area contributed by atoms with Gasteiger partial charge in [0.1, 0.15) is 12.1 Å². The van der Waals surface area contributed by atoms with Gasteiger partial charge >= 0.3 is 6.03 Å². The fraction of sp³-hybridized carbons (Fsp3) is 0.400. The van der Waals surface area contributed by atoms with E-state index in [4.69, 9.17) is 11.6 Å². The predicted octanol–water partition coefficient (Wildman–Crippen LogP) is 1.63. The summed E-state index contributed by atoms with van der Waals surface area (Å²) < 4.78 is 0. The zero-order valence-corrected chi connectivity index (χ0v) is 13.4. The van der Waals surface area contributed by atoms with Crippen LogP contribution in [0.1, 0.15) is 26.3 Å². The Labute approximate surface area is 133 Å². The molecule has 0 saturated carbocycles. The maximum atomic E-state index is 12.6. The van der Waals surface area contributed by atoms with Crippen molar-refractivity contribution in [2.24, 2.45) is 0 Å². The minimum absolute atomic E-state index is 0.0665. The van der Waals surface area contributed by atoms with Crippen LogP contribution >= 0.6 is 11.6 Å². The molecule has 1 heterocycles. The second-order valence-electron chi connectivity index (χ2n) is 5.65. The van der Waals surface area contributed by atoms with Crippen LogP contribution in [0.5, 0.6) is 0 Å². The highest BCUT2D eigenvalue weighted by Crippen LogP contribution is 2.33. The minimum atomic E-state index is -1.27. The first-order valence-electron chi connectivity index (χ1n) is 6.94. The summed E-state index contributed by atoms with van der Waals surface area (Å²) in [4.78, 5) is 37.4. The number of amides is 4. The molecule has 1 aliphatic heterocycles. The number of imide groups is 1. The summed E-state index contributed by atoms with van der Waals surface area (Å²) in [5.41, 5.74) is -0.769. The molecule has 0 aliphatic carbocycles. The van der Waals surface area contributed by atoms with Crippen LogP contribution in [0.2, 0.25) is 5.02 Å². The molecule has 0 aromatic heterocycles. The Bertz CT molecular complexity index is 632. The summed E-state index contributed by atoms with van der Waals surface area (Å²) in [5, 5.41) is 5.65. The van der Waals surface area contributed by atoms with Crippen molar-refractivity contribution in [2.45, 2.75) is 32.4 Å². The van der Waals surface area contributed by atoms with Gasteiger partial charge in [0, 0.05) is 16.6 Å². The van der Waals surface area contributed by atoms with Crippen LogP contribution < -0.4 is 10.6 Å².